The number of aromatic hydroxyl groups is 1. The molecule has 0 aliphatic carbocycles. The molecule has 1 fully saturated rings. The van der Waals surface area contributed by atoms with Crippen LogP contribution in [0, 0.1) is 13.8 Å². The van der Waals surface area contributed by atoms with E-state index in [9.17, 15) is 14.7 Å². The van der Waals surface area contributed by atoms with Gasteiger partial charge in [-0.05, 0) is 56.2 Å². The molecule has 1 aliphatic heterocycles. The Morgan fingerprint density at radius 2 is 1.60 bits per heavy atom. The zero-order valence-electron chi connectivity index (χ0n) is 17.8. The molecule has 160 valence electrons. The summed E-state index contributed by atoms with van der Waals surface area (Å²) in [6.07, 6.45) is 0. The average molecular weight is 411 g/mol. The molecule has 1 heterocycles. The van der Waals surface area contributed by atoms with Crippen LogP contribution in [0.25, 0.3) is 0 Å². The van der Waals surface area contributed by atoms with Crippen LogP contribution in [0.5, 0.6) is 5.75 Å². The molecule has 2 aromatic rings. The van der Waals surface area contributed by atoms with Crippen LogP contribution < -0.4 is 15.5 Å². The molecule has 0 spiro atoms. The maximum absolute atomic E-state index is 12.5. The summed E-state index contributed by atoms with van der Waals surface area (Å²) in [7, 11) is 0. The second-order valence-electron chi connectivity index (χ2n) is 7.75. The predicted molar refractivity (Wildman–Crippen MR) is 119 cm³/mol. The lowest BCUT2D eigenvalue weighted by Gasteiger charge is -2.38. The number of phenols is 1. The molecule has 0 saturated carbocycles. The number of hydrogen-bond donors (Lipinski definition) is 3. The summed E-state index contributed by atoms with van der Waals surface area (Å²) in [6, 6.07) is 12.7. The van der Waals surface area contributed by atoms with E-state index in [2.05, 4.69) is 20.4 Å². The topological polar surface area (TPSA) is 84.9 Å². The minimum absolute atomic E-state index is 0.0512. The minimum atomic E-state index is -0.306. The maximum Gasteiger partial charge on any atom is 0.243 e. The van der Waals surface area contributed by atoms with Crippen LogP contribution in [0.4, 0.5) is 11.4 Å². The summed E-state index contributed by atoms with van der Waals surface area (Å²) in [5.74, 6) is -0.126. The van der Waals surface area contributed by atoms with Crippen LogP contribution in [0.15, 0.2) is 42.5 Å². The third kappa shape index (κ3) is 5.30. The van der Waals surface area contributed by atoms with Crippen molar-refractivity contribution in [2.75, 3.05) is 42.9 Å². The number of nitrogens with zero attached hydrogens (tertiary/aromatic N) is 2. The highest BCUT2D eigenvalue weighted by molar-refractivity contribution is 5.96. The smallest absolute Gasteiger partial charge is 0.243 e. The highest BCUT2D eigenvalue weighted by atomic mass is 16.3. The predicted octanol–water partition coefficient (Wildman–Crippen LogP) is 2.27. The molecule has 1 saturated heterocycles. The molecule has 7 nitrogen and oxygen atoms in total. The lowest BCUT2D eigenvalue weighted by Crippen LogP contribution is -2.54. The highest BCUT2D eigenvalue weighted by Gasteiger charge is 2.26. The number of piperazine rings is 1. The Bertz CT molecular complexity index is 870. The summed E-state index contributed by atoms with van der Waals surface area (Å²) in [5.41, 5.74) is 3.85. The van der Waals surface area contributed by atoms with Gasteiger partial charge in [0.2, 0.25) is 11.8 Å². The fourth-order valence-corrected chi connectivity index (χ4v) is 3.71. The van der Waals surface area contributed by atoms with Crippen molar-refractivity contribution in [3.63, 3.8) is 0 Å². The molecular formula is C23H30N4O3. The zero-order valence-corrected chi connectivity index (χ0v) is 17.8. The van der Waals surface area contributed by atoms with Gasteiger partial charge in [-0.15, -0.1) is 0 Å². The van der Waals surface area contributed by atoms with E-state index in [-0.39, 0.29) is 30.2 Å². The number of rotatable bonds is 6. The maximum atomic E-state index is 12.5. The van der Waals surface area contributed by atoms with E-state index in [1.807, 2.05) is 51.1 Å². The molecular weight excluding hydrogens is 380 g/mol. The first-order chi connectivity index (χ1) is 14.3. The summed E-state index contributed by atoms with van der Waals surface area (Å²) in [5, 5.41) is 15.1. The van der Waals surface area contributed by atoms with Crippen molar-refractivity contribution in [2.24, 2.45) is 0 Å². The number of hydrogen-bond acceptors (Lipinski definition) is 5. The number of carbonyl (C=O) groups is 2. The molecule has 2 amide bonds. The standard InChI is InChI=1S/C23H30N4O3/c1-16-5-4-6-17(2)22(16)25-21(29)15-24-23(30)18(3)26-11-13-27(14-12-26)19-7-9-20(28)10-8-19/h4-10,18,28H,11-15H2,1-3H3,(H,24,30)(H,25,29). The van der Waals surface area contributed by atoms with Crippen LogP contribution in [-0.2, 0) is 9.59 Å². The average Bonchev–Trinajstić information content (AvgIpc) is 2.75. The molecule has 1 atom stereocenters. The van der Waals surface area contributed by atoms with Crippen LogP contribution in [-0.4, -0.2) is 60.6 Å². The van der Waals surface area contributed by atoms with Crippen molar-refractivity contribution < 1.29 is 14.7 Å². The molecule has 0 aromatic heterocycles. The third-order valence-corrected chi connectivity index (χ3v) is 5.63. The van der Waals surface area contributed by atoms with Crippen LogP contribution >= 0.6 is 0 Å². The normalized spacial score (nSPS) is 15.5. The number of para-hydroxylation sites is 1. The van der Waals surface area contributed by atoms with E-state index < -0.39 is 0 Å². The van der Waals surface area contributed by atoms with Gasteiger partial charge in [-0.1, -0.05) is 18.2 Å². The molecule has 1 aliphatic rings. The second kappa shape index (κ2) is 9.63. The first-order valence-electron chi connectivity index (χ1n) is 10.3. The Balaban J connectivity index is 1.45. The largest absolute Gasteiger partial charge is 0.508 e. The van der Waals surface area contributed by atoms with Crippen LogP contribution in [0.2, 0.25) is 0 Å². The third-order valence-electron chi connectivity index (χ3n) is 5.63. The molecule has 7 heteroatoms. The second-order valence-corrected chi connectivity index (χ2v) is 7.75. The Morgan fingerprint density at radius 1 is 1.00 bits per heavy atom. The van der Waals surface area contributed by atoms with E-state index in [1.54, 1.807) is 12.1 Å². The molecule has 0 bridgehead atoms. The van der Waals surface area contributed by atoms with E-state index >= 15 is 0 Å². The summed E-state index contributed by atoms with van der Waals surface area (Å²) >= 11 is 0. The van der Waals surface area contributed by atoms with Gasteiger partial charge in [-0.3, -0.25) is 14.5 Å². The number of benzene rings is 2. The van der Waals surface area contributed by atoms with E-state index in [0.717, 1.165) is 48.7 Å². The van der Waals surface area contributed by atoms with Crippen molar-refractivity contribution in [3.05, 3.63) is 53.6 Å². The summed E-state index contributed by atoms with van der Waals surface area (Å²) < 4.78 is 0. The van der Waals surface area contributed by atoms with Crippen molar-refractivity contribution in [1.29, 1.82) is 0 Å². The van der Waals surface area contributed by atoms with E-state index in [4.69, 9.17) is 0 Å². The molecule has 1 unspecified atom stereocenters. The summed E-state index contributed by atoms with van der Waals surface area (Å²) in [4.78, 5) is 29.2. The number of phenolic OH excluding ortho intramolecular Hbond substituents is 1. The SMILES string of the molecule is Cc1cccc(C)c1NC(=O)CNC(=O)C(C)N1CCN(c2ccc(O)cc2)CC1. The van der Waals surface area contributed by atoms with Gasteiger partial charge in [0.25, 0.3) is 0 Å². The van der Waals surface area contributed by atoms with Crippen molar-refractivity contribution in [3.8, 4) is 5.75 Å². The van der Waals surface area contributed by atoms with Gasteiger partial charge in [0.1, 0.15) is 5.75 Å². The Kier molecular flexibility index (Phi) is 6.95. The Labute approximate surface area is 177 Å². The number of carbonyl (C=O) groups excluding carboxylic acids is 2. The lowest BCUT2D eigenvalue weighted by molar-refractivity contribution is -0.128. The number of amides is 2. The molecule has 30 heavy (non-hydrogen) atoms. The van der Waals surface area contributed by atoms with Gasteiger partial charge in [0, 0.05) is 37.6 Å². The Hall–Kier alpha value is -3.06. The first kappa shape index (κ1) is 21.6. The van der Waals surface area contributed by atoms with Crippen molar-refractivity contribution in [1.82, 2.24) is 10.2 Å². The fourth-order valence-electron chi connectivity index (χ4n) is 3.71. The van der Waals surface area contributed by atoms with Crippen LogP contribution in [0.3, 0.4) is 0 Å². The van der Waals surface area contributed by atoms with Gasteiger partial charge in [-0.25, -0.2) is 0 Å². The highest BCUT2D eigenvalue weighted by Crippen LogP contribution is 2.21. The van der Waals surface area contributed by atoms with Gasteiger partial charge in [0.05, 0.1) is 12.6 Å². The molecule has 0 radical (unpaired) electrons. The first-order valence-corrected chi connectivity index (χ1v) is 10.3. The van der Waals surface area contributed by atoms with Crippen molar-refractivity contribution >= 4 is 23.2 Å². The van der Waals surface area contributed by atoms with Gasteiger partial charge >= 0.3 is 0 Å². The molecule has 3 rings (SSSR count). The van der Waals surface area contributed by atoms with E-state index in [1.165, 1.54) is 0 Å². The van der Waals surface area contributed by atoms with E-state index in [0.29, 0.717) is 0 Å². The van der Waals surface area contributed by atoms with Gasteiger partial charge < -0.3 is 20.6 Å². The quantitative estimate of drug-likeness (QED) is 0.680. The number of anilines is 2. The number of aryl methyl sites for hydroxylation is 2. The summed E-state index contributed by atoms with van der Waals surface area (Å²) in [6.45, 7) is 8.82. The minimum Gasteiger partial charge on any atom is -0.508 e. The van der Waals surface area contributed by atoms with Crippen LogP contribution in [0.1, 0.15) is 18.1 Å². The van der Waals surface area contributed by atoms with Crippen molar-refractivity contribution in [2.45, 2.75) is 26.8 Å². The monoisotopic (exact) mass is 410 g/mol. The fraction of sp³-hybridized carbons (Fsp3) is 0.391. The number of nitrogens with one attached hydrogen (secondary N) is 2. The molecule has 3 N–H and O–H groups in total. The lowest BCUT2D eigenvalue weighted by atomic mass is 10.1. The van der Waals surface area contributed by atoms with Gasteiger partial charge in [0.15, 0.2) is 0 Å². The zero-order chi connectivity index (χ0) is 21.7. The Morgan fingerprint density at radius 3 is 2.20 bits per heavy atom. The molecule has 2 aromatic carbocycles. The van der Waals surface area contributed by atoms with Gasteiger partial charge in [-0.2, -0.15) is 0 Å².